The van der Waals surface area contributed by atoms with Crippen molar-refractivity contribution in [2.75, 3.05) is 0 Å². The van der Waals surface area contributed by atoms with Crippen LogP contribution in [0, 0.1) is 0 Å². The molecule has 5 heteroatoms. The lowest BCUT2D eigenvalue weighted by atomic mass is 9.64. The van der Waals surface area contributed by atoms with Gasteiger partial charge >= 0.3 is 0 Å². The van der Waals surface area contributed by atoms with Crippen molar-refractivity contribution in [2.45, 2.75) is 31.1 Å². The van der Waals surface area contributed by atoms with Crippen molar-refractivity contribution in [1.82, 2.24) is 19.9 Å². The Kier molecular flexibility index (Phi) is 6.59. The van der Waals surface area contributed by atoms with Crippen LogP contribution in [-0.2, 0) is 5.41 Å². The van der Waals surface area contributed by atoms with E-state index in [-0.39, 0.29) is 0 Å². The molecule has 50 heavy (non-hydrogen) atoms. The predicted octanol–water partition coefficient (Wildman–Crippen LogP) is 10.6. The van der Waals surface area contributed by atoms with Crippen LogP contribution in [0.4, 0.5) is 0 Å². The summed E-state index contributed by atoms with van der Waals surface area (Å²) in [6, 6.07) is 38.3. The fourth-order valence-corrected chi connectivity index (χ4v) is 8.30. The second-order valence-electron chi connectivity index (χ2n) is 13.1. The molecule has 3 aliphatic carbocycles. The number of fused-ring (bicyclic) bond motifs is 8. The first-order valence-electron chi connectivity index (χ1n) is 17.4. The van der Waals surface area contributed by atoms with Crippen LogP contribution in [0.15, 0.2) is 151 Å². The molecular weight excluding hydrogens is 613 g/mol. The molecule has 0 amide bonds. The number of hydrogen-bond acceptors (Lipinski definition) is 5. The van der Waals surface area contributed by atoms with Crippen molar-refractivity contribution >= 4 is 11.1 Å². The molecule has 10 rings (SSSR count). The van der Waals surface area contributed by atoms with Gasteiger partial charge in [0.25, 0.3) is 0 Å². The summed E-state index contributed by atoms with van der Waals surface area (Å²) in [5.74, 6) is 3.53. The minimum absolute atomic E-state index is 0.496. The number of hydrogen-bond donors (Lipinski definition) is 0. The number of rotatable bonds is 4. The molecule has 1 unspecified atom stereocenters. The zero-order valence-electron chi connectivity index (χ0n) is 27.4. The summed E-state index contributed by atoms with van der Waals surface area (Å²) in [5, 5.41) is 0. The van der Waals surface area contributed by atoms with E-state index in [1.165, 1.54) is 27.8 Å². The third-order valence-electron chi connectivity index (χ3n) is 10.4. The lowest BCUT2D eigenvalue weighted by molar-refractivity contribution is 0.437. The van der Waals surface area contributed by atoms with Crippen LogP contribution in [0.3, 0.4) is 0 Å². The molecule has 0 bridgehead atoms. The van der Waals surface area contributed by atoms with Crippen molar-refractivity contribution in [3.8, 4) is 45.5 Å². The first-order valence-corrected chi connectivity index (χ1v) is 17.4. The maximum Gasteiger partial charge on any atom is 0.182 e. The topological polar surface area (TPSA) is 60.8 Å². The molecule has 5 nitrogen and oxygen atoms in total. The van der Waals surface area contributed by atoms with Gasteiger partial charge in [-0.25, -0.2) is 15.0 Å². The van der Waals surface area contributed by atoms with Gasteiger partial charge in [-0.2, -0.15) is 0 Å². The molecule has 0 saturated carbocycles. The van der Waals surface area contributed by atoms with Gasteiger partial charge in [-0.05, 0) is 71.7 Å². The second-order valence-corrected chi connectivity index (χ2v) is 13.1. The zero-order chi connectivity index (χ0) is 33.1. The first kappa shape index (κ1) is 28.8. The number of allylic oxidation sites excluding steroid dienone is 8. The van der Waals surface area contributed by atoms with Crippen molar-refractivity contribution in [3.63, 3.8) is 0 Å². The highest BCUT2D eigenvalue weighted by Gasteiger charge is 2.52. The van der Waals surface area contributed by atoms with Crippen LogP contribution in [-0.4, -0.2) is 19.9 Å². The number of pyridine rings is 1. The van der Waals surface area contributed by atoms with Crippen molar-refractivity contribution in [1.29, 1.82) is 0 Å². The second kappa shape index (κ2) is 11.5. The molecule has 4 aromatic carbocycles. The highest BCUT2D eigenvalue weighted by molar-refractivity contribution is 5.93. The Hall–Kier alpha value is -6.20. The van der Waals surface area contributed by atoms with E-state index in [0.717, 1.165) is 65.0 Å². The normalized spacial score (nSPS) is 18.2. The summed E-state index contributed by atoms with van der Waals surface area (Å²) in [5.41, 5.74) is 11.9. The van der Waals surface area contributed by atoms with Gasteiger partial charge in [-0.1, -0.05) is 121 Å². The van der Waals surface area contributed by atoms with E-state index in [9.17, 15) is 0 Å². The van der Waals surface area contributed by atoms with Gasteiger partial charge in [-0.15, -0.1) is 0 Å². The van der Waals surface area contributed by atoms with E-state index in [0.29, 0.717) is 23.2 Å². The fraction of sp³-hybridized carbons (Fsp3) is 0.111. The van der Waals surface area contributed by atoms with Crippen molar-refractivity contribution in [2.24, 2.45) is 0 Å². The molecule has 2 aromatic heterocycles. The SMILES string of the molecule is C1=CC(c2nc(-c3ccccn3)nc(-c3ccccc3-c3cccc4c3Oc3ccccc3C43C4=C(CCC=C4)c4ccccc43)n2)=CCC1. The first-order chi connectivity index (χ1) is 24.8. The summed E-state index contributed by atoms with van der Waals surface area (Å²) < 4.78 is 7.02. The number of ether oxygens (including phenoxy) is 1. The molecule has 0 saturated heterocycles. The standard InChI is InChI=1S/C45H32N4O/c1-2-15-29(16-3-1)42-47-43(49-44(48-42)39-26-12-13-28-46-39)34-20-5-4-17-30(34)33-21-14-25-38-41(33)50-40-27-11-10-24-37(40)45(38)35-22-8-6-18-31(35)32-19-7-9-23-36(32)45/h2,4-6,8-18,20-28H,1,3,7,19H2. The average molecular weight is 645 g/mol. The number of para-hydroxylation sites is 2. The maximum absolute atomic E-state index is 7.02. The Bertz CT molecular complexity index is 2470. The monoisotopic (exact) mass is 644 g/mol. The number of benzene rings is 4. The lowest BCUT2D eigenvalue weighted by Crippen LogP contribution is -2.33. The fourth-order valence-electron chi connectivity index (χ4n) is 8.30. The van der Waals surface area contributed by atoms with Crippen LogP contribution in [0.5, 0.6) is 11.5 Å². The lowest BCUT2D eigenvalue weighted by Gasteiger charge is -2.41. The van der Waals surface area contributed by atoms with Gasteiger partial charge in [0.1, 0.15) is 17.2 Å². The van der Waals surface area contributed by atoms with Crippen LogP contribution in [0.25, 0.3) is 45.2 Å². The Balaban J connectivity index is 1.22. The minimum atomic E-state index is -0.496. The van der Waals surface area contributed by atoms with Gasteiger partial charge in [0.05, 0.1) is 5.41 Å². The van der Waals surface area contributed by atoms with E-state index in [1.807, 2.05) is 24.3 Å². The van der Waals surface area contributed by atoms with Gasteiger partial charge in [-0.3, -0.25) is 4.98 Å². The maximum atomic E-state index is 7.02. The molecule has 3 heterocycles. The number of nitrogens with zero attached hydrogens (tertiary/aromatic N) is 4. The third kappa shape index (κ3) is 4.26. The minimum Gasteiger partial charge on any atom is -0.456 e. The zero-order valence-corrected chi connectivity index (χ0v) is 27.4. The van der Waals surface area contributed by atoms with E-state index >= 15 is 0 Å². The van der Waals surface area contributed by atoms with Gasteiger partial charge < -0.3 is 4.74 Å². The Labute approximate surface area is 291 Å². The molecule has 238 valence electrons. The molecule has 1 spiro atoms. The van der Waals surface area contributed by atoms with Gasteiger partial charge in [0.15, 0.2) is 17.5 Å². The highest BCUT2D eigenvalue weighted by Crippen LogP contribution is 2.63. The molecule has 1 aliphatic heterocycles. The van der Waals surface area contributed by atoms with Crippen molar-refractivity contribution < 1.29 is 4.74 Å². The quantitative estimate of drug-likeness (QED) is 0.191. The Morgan fingerprint density at radius 3 is 2.12 bits per heavy atom. The average Bonchev–Trinajstić information content (AvgIpc) is 3.49. The van der Waals surface area contributed by atoms with Crippen LogP contribution < -0.4 is 4.74 Å². The van der Waals surface area contributed by atoms with Crippen molar-refractivity contribution in [3.05, 3.63) is 179 Å². The van der Waals surface area contributed by atoms with Crippen LogP contribution in [0.2, 0.25) is 0 Å². The van der Waals surface area contributed by atoms with Crippen LogP contribution >= 0.6 is 0 Å². The van der Waals surface area contributed by atoms with Gasteiger partial charge in [0, 0.05) is 34.0 Å². The summed E-state index contributed by atoms with van der Waals surface area (Å²) in [6.45, 7) is 0. The predicted molar refractivity (Wildman–Crippen MR) is 198 cm³/mol. The summed E-state index contributed by atoms with van der Waals surface area (Å²) in [7, 11) is 0. The molecule has 0 radical (unpaired) electrons. The van der Waals surface area contributed by atoms with E-state index in [1.54, 1.807) is 6.20 Å². The summed E-state index contributed by atoms with van der Waals surface area (Å²) >= 11 is 0. The van der Waals surface area contributed by atoms with E-state index in [4.69, 9.17) is 19.7 Å². The molecule has 4 aliphatic rings. The summed E-state index contributed by atoms with van der Waals surface area (Å²) in [6.07, 6.45) is 17.0. The largest absolute Gasteiger partial charge is 0.456 e. The molecule has 6 aromatic rings. The van der Waals surface area contributed by atoms with Crippen LogP contribution in [0.1, 0.15) is 53.8 Å². The molecule has 1 atom stereocenters. The third-order valence-corrected chi connectivity index (χ3v) is 10.4. The smallest absolute Gasteiger partial charge is 0.182 e. The van der Waals surface area contributed by atoms with E-state index < -0.39 is 5.41 Å². The summed E-state index contributed by atoms with van der Waals surface area (Å²) in [4.78, 5) is 19.7. The number of aromatic nitrogens is 4. The molecule has 0 fully saturated rings. The van der Waals surface area contributed by atoms with Gasteiger partial charge in [0.2, 0.25) is 0 Å². The molecular formula is C45H32N4O. The Morgan fingerprint density at radius 1 is 0.540 bits per heavy atom. The van der Waals surface area contributed by atoms with E-state index in [2.05, 4.69) is 120 Å². The Morgan fingerprint density at radius 2 is 1.26 bits per heavy atom. The molecule has 0 N–H and O–H groups in total. The highest BCUT2D eigenvalue weighted by atomic mass is 16.5.